The monoisotopic (exact) mass is 299 g/mol. The van der Waals surface area contributed by atoms with E-state index in [0.29, 0.717) is 6.54 Å². The molecule has 0 fully saturated rings. The second-order valence-electron chi connectivity index (χ2n) is 4.85. The maximum atomic E-state index is 9.06. The number of anilines is 1. The van der Waals surface area contributed by atoms with Crippen molar-refractivity contribution in [3.8, 4) is 11.1 Å². The minimum atomic E-state index is 0.0777. The van der Waals surface area contributed by atoms with Crippen LogP contribution in [0.25, 0.3) is 21.3 Å². The quantitative estimate of drug-likeness (QED) is 0.775. The SMILES string of the molecule is Cc1nc(NCCO)c2c(-c3ccccc3)c(C)sc2n1. The Kier molecular flexibility index (Phi) is 3.86. The van der Waals surface area contributed by atoms with Gasteiger partial charge in [-0.25, -0.2) is 9.97 Å². The van der Waals surface area contributed by atoms with Crippen molar-refractivity contribution < 1.29 is 5.11 Å². The molecular weight excluding hydrogens is 282 g/mol. The van der Waals surface area contributed by atoms with E-state index in [-0.39, 0.29) is 6.61 Å². The molecule has 1 aromatic carbocycles. The van der Waals surface area contributed by atoms with Crippen molar-refractivity contribution in [2.24, 2.45) is 0 Å². The molecule has 21 heavy (non-hydrogen) atoms. The molecule has 0 radical (unpaired) electrons. The highest BCUT2D eigenvalue weighted by Crippen LogP contribution is 2.40. The smallest absolute Gasteiger partial charge is 0.139 e. The highest BCUT2D eigenvalue weighted by molar-refractivity contribution is 7.19. The molecule has 0 spiro atoms. The van der Waals surface area contributed by atoms with Gasteiger partial charge in [-0.05, 0) is 19.4 Å². The van der Waals surface area contributed by atoms with Crippen LogP contribution in [0.15, 0.2) is 30.3 Å². The number of hydrogen-bond acceptors (Lipinski definition) is 5. The van der Waals surface area contributed by atoms with Gasteiger partial charge in [0.05, 0.1) is 12.0 Å². The van der Waals surface area contributed by atoms with Crippen LogP contribution < -0.4 is 5.32 Å². The van der Waals surface area contributed by atoms with E-state index in [9.17, 15) is 0 Å². The minimum Gasteiger partial charge on any atom is -0.395 e. The fourth-order valence-electron chi connectivity index (χ4n) is 2.47. The van der Waals surface area contributed by atoms with Crippen LogP contribution in [0.1, 0.15) is 10.7 Å². The van der Waals surface area contributed by atoms with Gasteiger partial charge in [-0.2, -0.15) is 0 Å². The molecule has 0 unspecified atom stereocenters. The number of thiophene rings is 1. The van der Waals surface area contributed by atoms with Gasteiger partial charge in [0.2, 0.25) is 0 Å². The molecule has 2 aromatic heterocycles. The molecule has 3 rings (SSSR count). The molecule has 5 heteroatoms. The first kappa shape index (κ1) is 14.0. The minimum absolute atomic E-state index is 0.0777. The summed E-state index contributed by atoms with van der Waals surface area (Å²) in [6, 6.07) is 10.3. The summed E-state index contributed by atoms with van der Waals surface area (Å²) in [5.41, 5.74) is 2.34. The summed E-state index contributed by atoms with van der Waals surface area (Å²) < 4.78 is 0. The molecule has 3 aromatic rings. The molecule has 0 amide bonds. The van der Waals surface area contributed by atoms with Gasteiger partial charge >= 0.3 is 0 Å². The molecule has 2 heterocycles. The predicted octanol–water partition coefficient (Wildman–Crippen LogP) is 3.38. The van der Waals surface area contributed by atoms with Crippen LogP contribution in [0.2, 0.25) is 0 Å². The number of hydrogen-bond donors (Lipinski definition) is 2. The van der Waals surface area contributed by atoms with E-state index in [2.05, 4.69) is 34.3 Å². The molecule has 0 saturated heterocycles. The Hall–Kier alpha value is -1.98. The van der Waals surface area contributed by atoms with E-state index in [1.54, 1.807) is 11.3 Å². The van der Waals surface area contributed by atoms with Crippen molar-refractivity contribution in [3.63, 3.8) is 0 Å². The fourth-order valence-corrected chi connectivity index (χ4v) is 3.56. The van der Waals surface area contributed by atoms with Crippen molar-refractivity contribution >= 4 is 27.4 Å². The Morgan fingerprint density at radius 1 is 1.14 bits per heavy atom. The predicted molar refractivity (Wildman–Crippen MR) is 87.9 cm³/mol. The molecule has 0 aliphatic heterocycles. The maximum Gasteiger partial charge on any atom is 0.139 e. The lowest BCUT2D eigenvalue weighted by molar-refractivity contribution is 0.311. The normalized spacial score (nSPS) is 11.0. The average molecular weight is 299 g/mol. The molecule has 0 aliphatic carbocycles. The summed E-state index contributed by atoms with van der Waals surface area (Å²) in [6.07, 6.45) is 0. The van der Waals surface area contributed by atoms with Crippen LogP contribution in [-0.4, -0.2) is 28.2 Å². The van der Waals surface area contributed by atoms with Gasteiger partial charge in [0, 0.05) is 17.0 Å². The second-order valence-corrected chi connectivity index (χ2v) is 6.05. The van der Waals surface area contributed by atoms with E-state index in [4.69, 9.17) is 5.11 Å². The lowest BCUT2D eigenvalue weighted by Gasteiger charge is -2.09. The topological polar surface area (TPSA) is 58.0 Å². The number of aliphatic hydroxyl groups is 1. The van der Waals surface area contributed by atoms with Crippen LogP contribution in [0.5, 0.6) is 0 Å². The van der Waals surface area contributed by atoms with Gasteiger partial charge in [-0.15, -0.1) is 11.3 Å². The third-order valence-electron chi connectivity index (χ3n) is 3.31. The number of rotatable bonds is 4. The van der Waals surface area contributed by atoms with E-state index in [1.807, 2.05) is 25.1 Å². The Balaban J connectivity index is 2.26. The van der Waals surface area contributed by atoms with Gasteiger partial charge in [0.25, 0.3) is 0 Å². The van der Waals surface area contributed by atoms with Crippen molar-refractivity contribution in [1.29, 1.82) is 0 Å². The highest BCUT2D eigenvalue weighted by Gasteiger charge is 2.17. The summed E-state index contributed by atoms with van der Waals surface area (Å²) in [4.78, 5) is 11.3. The summed E-state index contributed by atoms with van der Waals surface area (Å²) in [6.45, 7) is 4.56. The zero-order chi connectivity index (χ0) is 14.8. The first-order chi connectivity index (χ1) is 10.2. The third-order valence-corrected chi connectivity index (χ3v) is 4.31. The number of benzene rings is 1. The number of fused-ring (bicyclic) bond motifs is 1. The first-order valence-corrected chi connectivity index (χ1v) is 7.70. The Morgan fingerprint density at radius 2 is 1.90 bits per heavy atom. The summed E-state index contributed by atoms with van der Waals surface area (Å²) >= 11 is 1.68. The van der Waals surface area contributed by atoms with Crippen molar-refractivity contribution in [3.05, 3.63) is 41.0 Å². The lowest BCUT2D eigenvalue weighted by Crippen LogP contribution is -2.08. The second kappa shape index (κ2) is 5.79. The van der Waals surface area contributed by atoms with Crippen molar-refractivity contribution in [2.75, 3.05) is 18.5 Å². The van der Waals surface area contributed by atoms with Crippen LogP contribution in [-0.2, 0) is 0 Å². The Labute approximate surface area is 127 Å². The molecule has 0 saturated carbocycles. The standard InChI is InChI=1S/C16H17N3OS/c1-10-13(12-6-4-3-5-7-12)14-15(17-8-9-20)18-11(2)19-16(14)21-10/h3-7,20H,8-9H2,1-2H3,(H,17,18,19). The Bertz CT molecular complexity index is 768. The van der Waals surface area contributed by atoms with Crippen molar-refractivity contribution in [2.45, 2.75) is 13.8 Å². The largest absolute Gasteiger partial charge is 0.395 e. The number of aryl methyl sites for hydroxylation is 2. The Morgan fingerprint density at radius 3 is 2.62 bits per heavy atom. The molecular formula is C16H17N3OS. The maximum absolute atomic E-state index is 9.06. The number of aromatic nitrogens is 2. The summed E-state index contributed by atoms with van der Waals surface area (Å²) in [5, 5.41) is 13.3. The molecule has 2 N–H and O–H groups in total. The van der Waals surface area contributed by atoms with Crippen LogP contribution in [0.4, 0.5) is 5.82 Å². The summed E-state index contributed by atoms with van der Waals surface area (Å²) in [5.74, 6) is 1.54. The first-order valence-electron chi connectivity index (χ1n) is 6.88. The van der Waals surface area contributed by atoms with Gasteiger partial charge in [0.1, 0.15) is 16.5 Å². The average Bonchev–Trinajstić information content (AvgIpc) is 2.81. The number of aliphatic hydroxyl groups excluding tert-OH is 1. The third kappa shape index (κ3) is 2.62. The number of nitrogens with zero attached hydrogens (tertiary/aromatic N) is 2. The molecule has 4 nitrogen and oxygen atoms in total. The molecule has 0 aliphatic rings. The zero-order valence-electron chi connectivity index (χ0n) is 12.1. The van der Waals surface area contributed by atoms with Crippen LogP contribution in [0, 0.1) is 13.8 Å². The van der Waals surface area contributed by atoms with Gasteiger partial charge in [0.15, 0.2) is 0 Å². The molecule has 108 valence electrons. The van der Waals surface area contributed by atoms with E-state index in [1.165, 1.54) is 16.0 Å². The lowest BCUT2D eigenvalue weighted by atomic mass is 10.0. The summed E-state index contributed by atoms with van der Waals surface area (Å²) in [7, 11) is 0. The van der Waals surface area contributed by atoms with E-state index < -0.39 is 0 Å². The van der Waals surface area contributed by atoms with Crippen LogP contribution in [0.3, 0.4) is 0 Å². The fraction of sp³-hybridized carbons (Fsp3) is 0.250. The van der Waals surface area contributed by atoms with Gasteiger partial charge in [-0.1, -0.05) is 30.3 Å². The zero-order valence-corrected chi connectivity index (χ0v) is 12.9. The molecule has 0 atom stereocenters. The van der Waals surface area contributed by atoms with Gasteiger partial charge in [-0.3, -0.25) is 0 Å². The van der Waals surface area contributed by atoms with Crippen molar-refractivity contribution in [1.82, 2.24) is 9.97 Å². The van der Waals surface area contributed by atoms with E-state index in [0.717, 1.165) is 21.9 Å². The van der Waals surface area contributed by atoms with E-state index >= 15 is 0 Å². The van der Waals surface area contributed by atoms with Gasteiger partial charge < -0.3 is 10.4 Å². The number of nitrogens with one attached hydrogen (secondary N) is 1. The van der Waals surface area contributed by atoms with Crippen LogP contribution >= 0.6 is 11.3 Å². The highest BCUT2D eigenvalue weighted by atomic mass is 32.1. The molecule has 0 bridgehead atoms.